The minimum atomic E-state index is -0.0135. The first-order valence-electron chi connectivity index (χ1n) is 8.15. The van der Waals surface area contributed by atoms with Gasteiger partial charge >= 0.3 is 0 Å². The van der Waals surface area contributed by atoms with Crippen LogP contribution in [0, 0.1) is 0 Å². The van der Waals surface area contributed by atoms with E-state index in [0.717, 1.165) is 0 Å². The zero-order valence-corrected chi connectivity index (χ0v) is 16.0. The molecule has 0 saturated carbocycles. The van der Waals surface area contributed by atoms with Crippen molar-refractivity contribution >= 4 is 11.8 Å². The molecule has 2 N–H and O–H groups in total. The zero-order chi connectivity index (χ0) is 17.0. The van der Waals surface area contributed by atoms with Gasteiger partial charge in [0.2, 0.25) is 11.8 Å². The summed E-state index contributed by atoms with van der Waals surface area (Å²) in [6.07, 6.45) is 8.56. The number of nitrogens with one attached hydrogen (secondary N) is 2. The number of aryl methyl sites for hydroxylation is 2. The van der Waals surface area contributed by atoms with Gasteiger partial charge in [-0.25, -0.2) is 9.13 Å². The number of carbonyl (C=O) groups is 2. The maximum absolute atomic E-state index is 11.7. The average molecular weight is 399 g/mol. The van der Waals surface area contributed by atoms with Gasteiger partial charge in [0, 0.05) is 37.4 Å². The molecule has 0 bridgehead atoms. The fourth-order valence-corrected chi connectivity index (χ4v) is 2.21. The third kappa shape index (κ3) is 9.96. The lowest BCUT2D eigenvalue weighted by Gasteiger charge is -2.06. The van der Waals surface area contributed by atoms with Crippen LogP contribution in [0.5, 0.6) is 0 Å². The second-order valence-corrected chi connectivity index (χ2v) is 5.43. The number of hydrogen-bond acceptors (Lipinski definition) is 2. The van der Waals surface area contributed by atoms with Crippen molar-refractivity contribution in [2.75, 3.05) is 13.1 Å². The standard InChI is InChI=1S/C18H22N4O2.2ClH/c23-17(7-15-21-11-3-1-4-12-21)19-9-10-20-18(24)8-16-22-13-5-2-6-14-22;;/h1-6,11-14H,7-10,15-16H2;2*1H. The fourth-order valence-electron chi connectivity index (χ4n) is 2.21. The second-order valence-electron chi connectivity index (χ2n) is 5.43. The van der Waals surface area contributed by atoms with Gasteiger partial charge in [-0.05, 0) is 0 Å². The van der Waals surface area contributed by atoms with Gasteiger partial charge in [-0.2, -0.15) is 0 Å². The lowest BCUT2D eigenvalue weighted by molar-refractivity contribution is -0.696. The van der Waals surface area contributed by atoms with E-state index in [4.69, 9.17) is 0 Å². The molecule has 2 heterocycles. The molecule has 0 unspecified atom stereocenters. The van der Waals surface area contributed by atoms with E-state index in [1.165, 1.54) is 0 Å². The third-order valence-corrected chi connectivity index (χ3v) is 3.52. The van der Waals surface area contributed by atoms with Gasteiger partial charge in [-0.15, -0.1) is 0 Å². The summed E-state index contributed by atoms with van der Waals surface area (Å²) >= 11 is 0. The molecule has 0 aliphatic carbocycles. The number of carbonyl (C=O) groups excluding carboxylic acids is 2. The predicted molar refractivity (Wildman–Crippen MR) is 88.5 cm³/mol. The van der Waals surface area contributed by atoms with Crippen molar-refractivity contribution in [2.24, 2.45) is 0 Å². The molecule has 0 spiro atoms. The molecule has 8 heteroatoms. The summed E-state index contributed by atoms with van der Waals surface area (Å²) in [4.78, 5) is 23.5. The quantitative estimate of drug-likeness (QED) is 0.326. The molecule has 6 nitrogen and oxygen atoms in total. The maximum Gasteiger partial charge on any atom is 0.226 e. The van der Waals surface area contributed by atoms with E-state index in [0.29, 0.717) is 39.0 Å². The number of nitrogens with zero attached hydrogens (tertiary/aromatic N) is 2. The molecule has 0 saturated heterocycles. The van der Waals surface area contributed by atoms with Gasteiger partial charge in [-0.3, -0.25) is 9.59 Å². The highest BCUT2D eigenvalue weighted by molar-refractivity contribution is 5.76. The normalized spacial score (nSPS) is 9.38. The van der Waals surface area contributed by atoms with Crippen LogP contribution in [0.3, 0.4) is 0 Å². The Labute approximate surface area is 166 Å². The van der Waals surface area contributed by atoms with E-state index in [1.54, 1.807) is 0 Å². The summed E-state index contributed by atoms with van der Waals surface area (Å²) in [5, 5.41) is 5.62. The Balaban J connectivity index is 0.00000312. The lowest BCUT2D eigenvalue weighted by atomic mass is 10.3. The Hall–Kier alpha value is -2.18. The zero-order valence-electron chi connectivity index (χ0n) is 14.5. The highest BCUT2D eigenvalue weighted by atomic mass is 35.5. The van der Waals surface area contributed by atoms with E-state index < -0.39 is 0 Å². The number of aromatic nitrogens is 2. The molecule has 142 valence electrons. The number of halogens is 2. The SMILES string of the molecule is O=C(CC[n+]1ccccc1)NCCNC(=O)CC[n+]1ccccc1.[Cl-].[Cl-]. The van der Waals surface area contributed by atoms with Crippen molar-refractivity contribution in [1.29, 1.82) is 0 Å². The Morgan fingerprint density at radius 2 is 0.962 bits per heavy atom. The van der Waals surface area contributed by atoms with Crippen molar-refractivity contribution in [1.82, 2.24) is 10.6 Å². The summed E-state index contributed by atoms with van der Waals surface area (Å²) in [6.45, 7) is 2.19. The number of hydrogen-bond donors (Lipinski definition) is 2. The molecule has 26 heavy (non-hydrogen) atoms. The van der Waals surface area contributed by atoms with E-state index in [1.807, 2.05) is 70.3 Å². The monoisotopic (exact) mass is 398 g/mol. The second kappa shape index (κ2) is 14.0. The lowest BCUT2D eigenvalue weighted by Crippen LogP contribution is -3.00. The molecular weight excluding hydrogens is 375 g/mol. The first-order chi connectivity index (χ1) is 11.7. The van der Waals surface area contributed by atoms with E-state index in [2.05, 4.69) is 10.6 Å². The van der Waals surface area contributed by atoms with Gasteiger partial charge in [0.1, 0.15) is 0 Å². The molecule has 0 aliphatic rings. The van der Waals surface area contributed by atoms with Gasteiger partial charge in [0.05, 0.1) is 12.8 Å². The van der Waals surface area contributed by atoms with Crippen LogP contribution in [0.4, 0.5) is 0 Å². The topological polar surface area (TPSA) is 66.0 Å². The summed E-state index contributed by atoms with van der Waals surface area (Å²) in [5.41, 5.74) is 0. The van der Waals surface area contributed by atoms with E-state index in [-0.39, 0.29) is 36.6 Å². The molecule has 0 fully saturated rings. The summed E-state index contributed by atoms with van der Waals surface area (Å²) in [6, 6.07) is 11.6. The molecule has 0 aromatic carbocycles. The Kier molecular flexibility index (Phi) is 12.9. The summed E-state index contributed by atoms with van der Waals surface area (Å²) in [7, 11) is 0. The molecule has 2 aromatic heterocycles. The van der Waals surface area contributed by atoms with Gasteiger partial charge < -0.3 is 35.4 Å². The average Bonchev–Trinajstić information content (AvgIpc) is 2.63. The molecule has 0 radical (unpaired) electrons. The molecule has 2 aromatic rings. The Bertz CT molecular complexity index is 585. The summed E-state index contributed by atoms with van der Waals surface area (Å²) in [5.74, 6) is -0.0270. The maximum atomic E-state index is 11.7. The Morgan fingerprint density at radius 1 is 0.615 bits per heavy atom. The van der Waals surface area contributed by atoms with Crippen molar-refractivity contribution in [2.45, 2.75) is 25.9 Å². The largest absolute Gasteiger partial charge is 1.00 e. The van der Waals surface area contributed by atoms with Gasteiger partial charge in [-0.1, -0.05) is 12.1 Å². The molecular formula is C18H24Cl2N4O2. The van der Waals surface area contributed by atoms with Crippen LogP contribution in [-0.2, 0) is 22.7 Å². The predicted octanol–water partition coefficient (Wildman–Crippen LogP) is -6.02. The minimum absolute atomic E-state index is 0. The van der Waals surface area contributed by atoms with Crippen molar-refractivity contribution < 1.29 is 43.5 Å². The minimum Gasteiger partial charge on any atom is -1.00 e. The summed E-state index contributed by atoms with van der Waals surface area (Å²) < 4.78 is 3.92. The first kappa shape index (κ1) is 23.8. The van der Waals surface area contributed by atoms with Crippen LogP contribution < -0.4 is 44.6 Å². The van der Waals surface area contributed by atoms with Crippen molar-refractivity contribution in [3.8, 4) is 0 Å². The van der Waals surface area contributed by atoms with Crippen LogP contribution >= 0.6 is 0 Å². The van der Waals surface area contributed by atoms with Gasteiger partial charge in [0.15, 0.2) is 37.9 Å². The van der Waals surface area contributed by atoms with Crippen LogP contribution in [0.25, 0.3) is 0 Å². The van der Waals surface area contributed by atoms with E-state index in [9.17, 15) is 9.59 Å². The molecule has 0 atom stereocenters. The number of amides is 2. The highest BCUT2D eigenvalue weighted by Crippen LogP contribution is 1.84. The van der Waals surface area contributed by atoms with Gasteiger partial charge in [0.25, 0.3) is 0 Å². The van der Waals surface area contributed by atoms with Crippen LogP contribution in [0.15, 0.2) is 61.2 Å². The smallest absolute Gasteiger partial charge is 0.226 e. The number of rotatable bonds is 9. The van der Waals surface area contributed by atoms with Crippen molar-refractivity contribution in [3.63, 3.8) is 0 Å². The third-order valence-electron chi connectivity index (χ3n) is 3.52. The Morgan fingerprint density at radius 3 is 1.31 bits per heavy atom. The van der Waals surface area contributed by atoms with Crippen LogP contribution in [-0.4, -0.2) is 24.9 Å². The van der Waals surface area contributed by atoms with E-state index >= 15 is 0 Å². The molecule has 2 amide bonds. The van der Waals surface area contributed by atoms with Crippen molar-refractivity contribution in [3.05, 3.63) is 61.2 Å². The van der Waals surface area contributed by atoms with Crippen LogP contribution in [0.1, 0.15) is 12.8 Å². The molecule has 0 aliphatic heterocycles. The number of pyridine rings is 2. The molecule has 2 rings (SSSR count). The first-order valence-corrected chi connectivity index (χ1v) is 8.15. The highest BCUT2D eigenvalue weighted by Gasteiger charge is 2.07. The van der Waals surface area contributed by atoms with Crippen LogP contribution in [0.2, 0.25) is 0 Å². The fraction of sp³-hybridized carbons (Fsp3) is 0.333.